The van der Waals surface area contributed by atoms with Crippen LogP contribution in [0, 0.1) is 0 Å². The van der Waals surface area contributed by atoms with Crippen molar-refractivity contribution in [2.45, 2.75) is 20.4 Å². The summed E-state index contributed by atoms with van der Waals surface area (Å²) in [5.74, 6) is 0. The molecule has 0 aromatic carbocycles. The molecular weight excluding hydrogens is 216 g/mol. The van der Waals surface area contributed by atoms with Crippen LogP contribution in [0.3, 0.4) is 0 Å². The fourth-order valence-electron chi connectivity index (χ4n) is 0.677. The molecule has 0 radical (unpaired) electrons. The lowest BCUT2D eigenvalue weighted by molar-refractivity contribution is 0.0485. The normalized spacial score (nSPS) is 12.5. The molecule has 6 nitrogen and oxygen atoms in total. The molecule has 0 amide bonds. The van der Waals surface area contributed by atoms with Gasteiger partial charge in [-0.05, 0) is 13.8 Å². The highest BCUT2D eigenvalue weighted by Crippen LogP contribution is 2.09. The molecule has 0 aromatic heterocycles. The predicted octanol–water partition coefficient (Wildman–Crippen LogP) is 1.26. The summed E-state index contributed by atoms with van der Waals surface area (Å²) < 4.78 is 20.5. The second kappa shape index (κ2) is 8.39. The second-order valence-electron chi connectivity index (χ2n) is 2.61. The molecule has 0 saturated carbocycles. The van der Waals surface area contributed by atoms with Crippen molar-refractivity contribution in [3.8, 4) is 0 Å². The largest absolute Gasteiger partial charge is 0.670 e. The van der Waals surface area contributed by atoms with Crippen molar-refractivity contribution in [3.63, 3.8) is 0 Å². The van der Waals surface area contributed by atoms with E-state index in [-0.39, 0.29) is 0 Å². The third kappa shape index (κ3) is 7.06. The molecule has 0 aliphatic carbocycles. The van der Waals surface area contributed by atoms with Crippen molar-refractivity contribution >= 4 is 21.2 Å². The first-order valence-electron chi connectivity index (χ1n) is 4.63. The molecule has 15 heavy (non-hydrogen) atoms. The van der Waals surface area contributed by atoms with Gasteiger partial charge < -0.3 is 18.2 Å². The lowest BCUT2D eigenvalue weighted by atomic mass is 10.8. The molecule has 0 aliphatic rings. The van der Waals surface area contributed by atoms with Crippen LogP contribution in [0.1, 0.15) is 13.8 Å². The monoisotopic (exact) mass is 234 g/mol. The summed E-state index contributed by atoms with van der Waals surface area (Å²) in [4.78, 5) is 0. The summed E-state index contributed by atoms with van der Waals surface area (Å²) in [5, 5.41) is 7.30. The second-order valence-corrected chi connectivity index (χ2v) is 4.99. The molecule has 88 valence electrons. The average molecular weight is 234 g/mol. The topological polar surface area (TPSA) is 61.6 Å². The Morgan fingerprint density at radius 1 is 1.07 bits per heavy atom. The van der Waals surface area contributed by atoms with Crippen molar-refractivity contribution in [3.05, 3.63) is 0 Å². The summed E-state index contributed by atoms with van der Waals surface area (Å²) in [5.41, 5.74) is 0. The van der Waals surface area contributed by atoms with Gasteiger partial charge in [0.1, 0.15) is 0 Å². The highest BCUT2D eigenvalue weighted by molar-refractivity contribution is 6.59. The van der Waals surface area contributed by atoms with Crippen LogP contribution in [-0.4, -0.2) is 41.6 Å². The van der Waals surface area contributed by atoms with E-state index in [9.17, 15) is 0 Å². The van der Waals surface area contributed by atoms with Crippen molar-refractivity contribution in [1.29, 1.82) is 0 Å². The van der Waals surface area contributed by atoms with E-state index >= 15 is 0 Å². The summed E-state index contributed by atoms with van der Waals surface area (Å²) >= 11 is 0. The molecular formula is C8H18N2O4Si. The molecule has 7 heteroatoms. The van der Waals surface area contributed by atoms with Gasteiger partial charge in [-0.2, -0.15) is 0 Å². The van der Waals surface area contributed by atoms with Gasteiger partial charge in [0, 0.05) is 26.1 Å². The molecule has 0 heterocycles. The first kappa shape index (κ1) is 14.1. The van der Waals surface area contributed by atoms with Gasteiger partial charge in [0.15, 0.2) is 0 Å². The van der Waals surface area contributed by atoms with E-state index in [1.54, 1.807) is 27.5 Å². The zero-order valence-corrected chi connectivity index (χ0v) is 10.6. The molecule has 0 atom stereocenters. The molecule has 0 aliphatic heterocycles. The number of ether oxygens (including phenoxy) is 1. The third-order valence-corrected chi connectivity index (χ3v) is 2.90. The maximum atomic E-state index is 5.42. The number of hydrogen-bond acceptors (Lipinski definition) is 6. The van der Waals surface area contributed by atoms with E-state index in [0.717, 1.165) is 0 Å². The molecule has 0 N–H and O–H groups in total. The molecule has 0 saturated heterocycles. The van der Waals surface area contributed by atoms with Crippen LogP contribution in [0.4, 0.5) is 0 Å². The zero-order chi connectivity index (χ0) is 11.6. The Kier molecular flexibility index (Phi) is 7.87. The summed E-state index contributed by atoms with van der Waals surface area (Å²) in [6.45, 7) is 6.06. The number of methoxy groups -OCH3 is 1. The summed E-state index contributed by atoms with van der Waals surface area (Å²) in [7, 11) is -1.21. The first-order chi connectivity index (χ1) is 7.18. The summed E-state index contributed by atoms with van der Waals surface area (Å²) in [6, 6.07) is 0. The van der Waals surface area contributed by atoms with Crippen molar-refractivity contribution in [1.82, 2.24) is 0 Å². The number of hydrogen-bond donors (Lipinski definition) is 0. The Labute approximate surface area is 91.2 Å². The Balaban J connectivity index is 4.12. The molecule has 0 bridgehead atoms. The van der Waals surface area contributed by atoms with E-state index in [1.807, 2.05) is 0 Å². The smallest absolute Gasteiger partial charge is 0.384 e. The van der Waals surface area contributed by atoms with Crippen LogP contribution in [-0.2, 0) is 18.2 Å². The van der Waals surface area contributed by atoms with E-state index in [1.165, 1.54) is 12.4 Å². The van der Waals surface area contributed by atoms with Crippen LogP contribution in [0.15, 0.2) is 10.3 Å². The minimum Gasteiger partial charge on any atom is -0.384 e. The van der Waals surface area contributed by atoms with E-state index in [4.69, 9.17) is 18.2 Å². The van der Waals surface area contributed by atoms with Gasteiger partial charge in [-0.15, -0.1) is 10.3 Å². The zero-order valence-electron chi connectivity index (χ0n) is 9.60. The Hall–Kier alpha value is -0.923. The van der Waals surface area contributed by atoms with Gasteiger partial charge in [0.25, 0.3) is 0 Å². The van der Waals surface area contributed by atoms with Crippen LogP contribution in [0.2, 0.25) is 6.55 Å². The third-order valence-electron chi connectivity index (χ3n) is 1.30. The van der Waals surface area contributed by atoms with Gasteiger partial charge in [-0.25, -0.2) is 0 Å². The molecule has 0 aromatic rings. The number of nitrogens with zero attached hydrogens (tertiary/aromatic N) is 2. The lowest BCUT2D eigenvalue weighted by Gasteiger charge is -2.19. The Morgan fingerprint density at radius 2 is 1.60 bits per heavy atom. The van der Waals surface area contributed by atoms with Crippen LogP contribution in [0.5, 0.6) is 0 Å². The minimum atomic E-state index is -2.80. The van der Waals surface area contributed by atoms with Gasteiger partial charge in [-0.1, -0.05) is 0 Å². The van der Waals surface area contributed by atoms with Crippen LogP contribution < -0.4 is 0 Å². The summed E-state index contributed by atoms with van der Waals surface area (Å²) in [6.07, 6.45) is 3.04. The van der Waals surface area contributed by atoms with E-state index in [0.29, 0.717) is 13.2 Å². The van der Waals surface area contributed by atoms with Gasteiger partial charge in [0.2, 0.25) is 0 Å². The SMILES string of the molecule is C/C=N/O[Si](C)(OCCOC)O/N=C/C. The van der Waals surface area contributed by atoms with Crippen LogP contribution in [0.25, 0.3) is 0 Å². The number of rotatable bonds is 8. The van der Waals surface area contributed by atoms with Crippen LogP contribution >= 0.6 is 0 Å². The standard InChI is InChI=1S/C8H18N2O4Si/c1-5-9-13-15(4,14-10-6-2)12-8-7-11-3/h5-6H,7-8H2,1-4H3/b9-5+,10-6+. The molecule has 0 spiro atoms. The highest BCUT2D eigenvalue weighted by atomic mass is 28.4. The van der Waals surface area contributed by atoms with Crippen molar-refractivity contribution in [2.75, 3.05) is 20.3 Å². The molecule has 0 rings (SSSR count). The quantitative estimate of drug-likeness (QED) is 0.274. The predicted molar refractivity (Wildman–Crippen MR) is 59.9 cm³/mol. The van der Waals surface area contributed by atoms with Gasteiger partial charge >= 0.3 is 8.80 Å². The maximum absolute atomic E-state index is 5.42. The number of oxime groups is 2. The van der Waals surface area contributed by atoms with E-state index < -0.39 is 8.80 Å². The highest BCUT2D eigenvalue weighted by Gasteiger charge is 2.41. The fourth-order valence-corrected chi connectivity index (χ4v) is 1.86. The molecule has 0 fully saturated rings. The maximum Gasteiger partial charge on any atom is 0.670 e. The van der Waals surface area contributed by atoms with Gasteiger partial charge in [0.05, 0.1) is 13.2 Å². The van der Waals surface area contributed by atoms with Crippen molar-refractivity contribution in [2.24, 2.45) is 10.3 Å². The Morgan fingerprint density at radius 3 is 2.00 bits per heavy atom. The molecule has 0 unspecified atom stereocenters. The van der Waals surface area contributed by atoms with Crippen molar-refractivity contribution < 1.29 is 18.2 Å². The average Bonchev–Trinajstić information content (AvgIpc) is 2.24. The lowest BCUT2D eigenvalue weighted by Crippen LogP contribution is -2.40. The fraction of sp³-hybridized carbons (Fsp3) is 0.750. The van der Waals surface area contributed by atoms with E-state index in [2.05, 4.69) is 10.3 Å². The van der Waals surface area contributed by atoms with Gasteiger partial charge in [-0.3, -0.25) is 0 Å². The minimum absolute atomic E-state index is 0.387. The Bertz CT molecular complexity index is 197. The first-order valence-corrected chi connectivity index (χ1v) is 6.86.